The number of methoxy groups -OCH3 is 1. The minimum atomic E-state index is 0.338. The maximum absolute atomic E-state index is 5.40. The molecule has 0 aromatic heterocycles. The van der Waals surface area contributed by atoms with E-state index >= 15 is 0 Å². The Bertz CT molecular complexity index is 119. The number of nitrogens with one attached hydrogen (secondary N) is 1. The van der Waals surface area contributed by atoms with Gasteiger partial charge < -0.3 is 14.8 Å². The average molecular weight is 173 g/mol. The van der Waals surface area contributed by atoms with Crippen LogP contribution in [0.5, 0.6) is 0 Å². The van der Waals surface area contributed by atoms with Gasteiger partial charge in [0.05, 0.1) is 12.7 Å². The number of ether oxygens (including phenoxy) is 2. The molecule has 12 heavy (non-hydrogen) atoms. The Morgan fingerprint density at radius 3 is 3.00 bits per heavy atom. The van der Waals surface area contributed by atoms with Crippen LogP contribution in [0.25, 0.3) is 0 Å². The van der Waals surface area contributed by atoms with Crippen LogP contribution in [-0.2, 0) is 9.47 Å². The molecule has 2 unspecified atom stereocenters. The van der Waals surface area contributed by atoms with E-state index < -0.39 is 0 Å². The molecule has 1 rings (SSSR count). The SMILES string of the molecule is CCOCC1CCNCC1OC. The van der Waals surface area contributed by atoms with E-state index in [0.29, 0.717) is 12.0 Å². The first-order valence-electron chi connectivity index (χ1n) is 4.69. The first-order valence-corrected chi connectivity index (χ1v) is 4.69. The molecule has 2 atom stereocenters. The van der Waals surface area contributed by atoms with Crippen LogP contribution in [0.15, 0.2) is 0 Å². The van der Waals surface area contributed by atoms with Crippen molar-refractivity contribution in [2.24, 2.45) is 5.92 Å². The summed E-state index contributed by atoms with van der Waals surface area (Å²) < 4.78 is 10.8. The van der Waals surface area contributed by atoms with Crippen molar-refractivity contribution >= 4 is 0 Å². The summed E-state index contributed by atoms with van der Waals surface area (Å²) in [4.78, 5) is 0. The molecule has 0 radical (unpaired) electrons. The molecule has 3 heteroatoms. The second kappa shape index (κ2) is 5.51. The molecule has 1 N–H and O–H groups in total. The van der Waals surface area contributed by atoms with Crippen molar-refractivity contribution in [3.63, 3.8) is 0 Å². The van der Waals surface area contributed by atoms with Crippen molar-refractivity contribution < 1.29 is 9.47 Å². The van der Waals surface area contributed by atoms with E-state index in [2.05, 4.69) is 5.32 Å². The van der Waals surface area contributed by atoms with Crippen LogP contribution in [0.2, 0.25) is 0 Å². The van der Waals surface area contributed by atoms with Crippen molar-refractivity contribution in [1.29, 1.82) is 0 Å². The van der Waals surface area contributed by atoms with Gasteiger partial charge in [-0.15, -0.1) is 0 Å². The van der Waals surface area contributed by atoms with E-state index in [1.807, 2.05) is 6.92 Å². The highest BCUT2D eigenvalue weighted by molar-refractivity contribution is 4.78. The van der Waals surface area contributed by atoms with E-state index in [-0.39, 0.29) is 0 Å². The molecule has 0 bridgehead atoms. The predicted molar refractivity (Wildman–Crippen MR) is 48.3 cm³/mol. The Hall–Kier alpha value is -0.120. The van der Waals surface area contributed by atoms with Crippen LogP contribution < -0.4 is 5.32 Å². The van der Waals surface area contributed by atoms with Gasteiger partial charge in [0.1, 0.15) is 0 Å². The average Bonchev–Trinajstić information content (AvgIpc) is 2.15. The van der Waals surface area contributed by atoms with Gasteiger partial charge in [-0.2, -0.15) is 0 Å². The smallest absolute Gasteiger partial charge is 0.0746 e. The van der Waals surface area contributed by atoms with Gasteiger partial charge in [0.2, 0.25) is 0 Å². The molecule has 1 aliphatic heterocycles. The van der Waals surface area contributed by atoms with Crippen molar-refractivity contribution in [1.82, 2.24) is 5.32 Å². The summed E-state index contributed by atoms with van der Waals surface area (Å²) in [5.74, 6) is 0.580. The fourth-order valence-corrected chi connectivity index (χ4v) is 1.62. The first-order chi connectivity index (χ1) is 5.88. The Kier molecular flexibility index (Phi) is 4.58. The third-order valence-corrected chi connectivity index (χ3v) is 2.40. The van der Waals surface area contributed by atoms with Crippen molar-refractivity contribution in [3.05, 3.63) is 0 Å². The topological polar surface area (TPSA) is 30.5 Å². The molecule has 0 aliphatic carbocycles. The number of rotatable bonds is 4. The van der Waals surface area contributed by atoms with Gasteiger partial charge >= 0.3 is 0 Å². The molecule has 0 aromatic rings. The summed E-state index contributed by atoms with van der Waals surface area (Å²) in [6.07, 6.45) is 1.50. The minimum Gasteiger partial charge on any atom is -0.381 e. The van der Waals surface area contributed by atoms with Gasteiger partial charge in [-0.05, 0) is 19.9 Å². The fourth-order valence-electron chi connectivity index (χ4n) is 1.62. The van der Waals surface area contributed by atoms with Crippen LogP contribution in [0.1, 0.15) is 13.3 Å². The molecular weight excluding hydrogens is 154 g/mol. The van der Waals surface area contributed by atoms with Crippen LogP contribution in [-0.4, -0.2) is 39.5 Å². The molecule has 72 valence electrons. The molecule has 3 nitrogen and oxygen atoms in total. The van der Waals surface area contributed by atoms with Gasteiger partial charge in [0.15, 0.2) is 0 Å². The van der Waals surface area contributed by atoms with Crippen molar-refractivity contribution in [2.45, 2.75) is 19.4 Å². The normalized spacial score (nSPS) is 30.5. The third-order valence-electron chi connectivity index (χ3n) is 2.40. The van der Waals surface area contributed by atoms with Crippen LogP contribution in [0.4, 0.5) is 0 Å². The quantitative estimate of drug-likeness (QED) is 0.677. The van der Waals surface area contributed by atoms with Crippen molar-refractivity contribution in [3.8, 4) is 0 Å². The summed E-state index contributed by atoms with van der Waals surface area (Å²) in [6, 6.07) is 0. The molecule has 1 aliphatic rings. The van der Waals surface area contributed by atoms with Crippen LogP contribution >= 0.6 is 0 Å². The van der Waals surface area contributed by atoms with Gasteiger partial charge in [-0.25, -0.2) is 0 Å². The van der Waals surface area contributed by atoms with Crippen LogP contribution in [0, 0.1) is 5.92 Å². The molecule has 0 aromatic carbocycles. The lowest BCUT2D eigenvalue weighted by Crippen LogP contribution is -2.43. The van der Waals surface area contributed by atoms with Gasteiger partial charge in [0.25, 0.3) is 0 Å². The maximum Gasteiger partial charge on any atom is 0.0746 e. The zero-order valence-corrected chi connectivity index (χ0v) is 8.01. The Labute approximate surface area is 74.4 Å². The summed E-state index contributed by atoms with van der Waals surface area (Å²) in [7, 11) is 1.77. The molecule has 0 saturated carbocycles. The lowest BCUT2D eigenvalue weighted by atomic mass is 9.96. The Morgan fingerprint density at radius 1 is 1.50 bits per heavy atom. The second-order valence-electron chi connectivity index (χ2n) is 3.19. The van der Waals surface area contributed by atoms with E-state index in [1.54, 1.807) is 7.11 Å². The molecule has 1 fully saturated rings. The minimum absolute atomic E-state index is 0.338. The molecule has 1 heterocycles. The second-order valence-corrected chi connectivity index (χ2v) is 3.19. The zero-order valence-electron chi connectivity index (χ0n) is 8.01. The van der Waals surface area contributed by atoms with E-state index in [4.69, 9.17) is 9.47 Å². The predicted octanol–water partition coefficient (Wildman–Crippen LogP) is 0.647. The highest BCUT2D eigenvalue weighted by Crippen LogP contribution is 2.15. The molecule has 0 spiro atoms. The zero-order chi connectivity index (χ0) is 8.81. The summed E-state index contributed by atoms with van der Waals surface area (Å²) >= 11 is 0. The van der Waals surface area contributed by atoms with E-state index in [0.717, 1.165) is 26.3 Å². The standard InChI is InChI=1S/C9H19NO2/c1-3-12-7-8-4-5-10-6-9(8)11-2/h8-10H,3-7H2,1-2H3. The Balaban J connectivity index is 2.26. The lowest BCUT2D eigenvalue weighted by molar-refractivity contribution is -0.01000. The highest BCUT2D eigenvalue weighted by Gasteiger charge is 2.24. The van der Waals surface area contributed by atoms with Crippen LogP contribution in [0.3, 0.4) is 0 Å². The summed E-state index contributed by atoms with van der Waals surface area (Å²) in [5.41, 5.74) is 0. The number of piperidine rings is 1. The number of hydrogen-bond donors (Lipinski definition) is 1. The highest BCUT2D eigenvalue weighted by atomic mass is 16.5. The Morgan fingerprint density at radius 2 is 2.33 bits per heavy atom. The van der Waals surface area contributed by atoms with E-state index in [1.165, 1.54) is 6.42 Å². The number of hydrogen-bond acceptors (Lipinski definition) is 3. The molecule has 0 amide bonds. The van der Waals surface area contributed by atoms with Gasteiger partial charge in [0, 0.05) is 26.2 Å². The summed E-state index contributed by atoms with van der Waals surface area (Å²) in [6.45, 7) is 5.74. The molecule has 1 saturated heterocycles. The van der Waals surface area contributed by atoms with Crippen molar-refractivity contribution in [2.75, 3.05) is 33.4 Å². The van der Waals surface area contributed by atoms with E-state index in [9.17, 15) is 0 Å². The third kappa shape index (κ3) is 2.73. The largest absolute Gasteiger partial charge is 0.381 e. The van der Waals surface area contributed by atoms with Gasteiger partial charge in [-0.1, -0.05) is 0 Å². The van der Waals surface area contributed by atoms with Gasteiger partial charge in [-0.3, -0.25) is 0 Å². The monoisotopic (exact) mass is 173 g/mol. The first kappa shape index (κ1) is 9.96. The fraction of sp³-hybridized carbons (Fsp3) is 1.00. The maximum atomic E-state index is 5.40. The lowest BCUT2D eigenvalue weighted by Gasteiger charge is -2.30. The molecular formula is C9H19NO2. The summed E-state index contributed by atoms with van der Waals surface area (Å²) in [5, 5.41) is 3.31.